The van der Waals surface area contributed by atoms with E-state index in [4.69, 9.17) is 11.6 Å². The minimum atomic E-state index is -0.288. The third-order valence-corrected chi connectivity index (χ3v) is 4.49. The minimum absolute atomic E-state index is 0.288. The summed E-state index contributed by atoms with van der Waals surface area (Å²) in [4.78, 5) is 1.18. The van der Waals surface area contributed by atoms with Gasteiger partial charge in [0.2, 0.25) is 0 Å². The molecule has 1 aromatic heterocycles. The Morgan fingerprint density at radius 2 is 1.86 bits per heavy atom. The van der Waals surface area contributed by atoms with Crippen LogP contribution in [0.3, 0.4) is 0 Å². The van der Waals surface area contributed by atoms with Gasteiger partial charge in [0.25, 0.3) is 0 Å². The van der Waals surface area contributed by atoms with Crippen LogP contribution in [-0.2, 0) is 6.54 Å². The molecule has 0 spiro atoms. The Morgan fingerprint density at radius 1 is 1.00 bits per heavy atom. The normalized spacial score (nSPS) is 10.6. The largest absolute Gasteiger partial charge is 0.380 e. The Balaban J connectivity index is 1.86. The molecule has 0 aliphatic heterocycles. The topological polar surface area (TPSA) is 12.0 Å². The van der Waals surface area contributed by atoms with E-state index in [9.17, 15) is 4.39 Å². The Kier molecular flexibility index (Phi) is 4.23. The Morgan fingerprint density at radius 3 is 2.62 bits per heavy atom. The number of hydrogen-bond acceptors (Lipinski definition) is 2. The third-order valence-electron chi connectivity index (χ3n) is 3.23. The molecule has 0 bridgehead atoms. The second kappa shape index (κ2) is 6.29. The third kappa shape index (κ3) is 3.09. The number of thiophene rings is 1. The van der Waals surface area contributed by atoms with Crippen molar-refractivity contribution in [2.45, 2.75) is 6.54 Å². The molecule has 0 radical (unpaired) electrons. The summed E-state index contributed by atoms with van der Waals surface area (Å²) in [6, 6.07) is 16.8. The first kappa shape index (κ1) is 14.1. The van der Waals surface area contributed by atoms with Gasteiger partial charge in [0.05, 0.1) is 0 Å². The molecule has 0 saturated heterocycles. The van der Waals surface area contributed by atoms with Crippen molar-refractivity contribution in [1.29, 1.82) is 0 Å². The second-order valence-corrected chi connectivity index (χ2v) is 5.93. The summed E-state index contributed by atoms with van der Waals surface area (Å²) < 4.78 is 13.8. The molecule has 1 nitrogen and oxygen atoms in total. The number of para-hydroxylation sites is 1. The number of nitrogens with one attached hydrogen (secondary N) is 1. The molecule has 3 rings (SSSR count). The standard InChI is InChI=1S/C17H13ClFNS/c18-14-6-3-7-15(19)13(14)11-20-16-8-2-1-5-12(16)17-9-4-10-21-17/h1-10,20H,11H2. The maximum atomic E-state index is 13.8. The summed E-state index contributed by atoms with van der Waals surface area (Å²) in [5.41, 5.74) is 2.57. The van der Waals surface area contributed by atoms with Crippen molar-refractivity contribution in [3.8, 4) is 10.4 Å². The van der Waals surface area contributed by atoms with Crippen LogP contribution < -0.4 is 5.32 Å². The smallest absolute Gasteiger partial charge is 0.129 e. The predicted octanol–water partition coefficient (Wildman–Crippen LogP) is 5.82. The maximum Gasteiger partial charge on any atom is 0.129 e. The van der Waals surface area contributed by atoms with Crippen molar-refractivity contribution in [2.24, 2.45) is 0 Å². The highest BCUT2D eigenvalue weighted by atomic mass is 35.5. The van der Waals surface area contributed by atoms with Crippen molar-refractivity contribution in [3.63, 3.8) is 0 Å². The highest BCUT2D eigenvalue weighted by Gasteiger charge is 2.09. The van der Waals surface area contributed by atoms with Crippen LogP contribution in [-0.4, -0.2) is 0 Å². The SMILES string of the molecule is Fc1cccc(Cl)c1CNc1ccccc1-c1cccs1. The number of hydrogen-bond donors (Lipinski definition) is 1. The molecule has 0 aliphatic carbocycles. The lowest BCUT2D eigenvalue weighted by atomic mass is 10.1. The molecule has 0 fully saturated rings. The first-order valence-corrected chi connectivity index (χ1v) is 7.81. The van der Waals surface area contributed by atoms with Crippen molar-refractivity contribution in [1.82, 2.24) is 0 Å². The first-order chi connectivity index (χ1) is 10.3. The molecular formula is C17H13ClFNS. The van der Waals surface area contributed by atoms with Crippen LogP contribution in [0.25, 0.3) is 10.4 Å². The van der Waals surface area contributed by atoms with Crippen LogP contribution in [0, 0.1) is 5.82 Å². The van der Waals surface area contributed by atoms with Crippen molar-refractivity contribution in [2.75, 3.05) is 5.32 Å². The van der Waals surface area contributed by atoms with Gasteiger partial charge in [0.15, 0.2) is 0 Å². The van der Waals surface area contributed by atoms with E-state index in [0.29, 0.717) is 17.1 Å². The van der Waals surface area contributed by atoms with Gasteiger partial charge in [0.1, 0.15) is 5.82 Å². The fourth-order valence-electron chi connectivity index (χ4n) is 2.17. The Labute approximate surface area is 132 Å². The van der Waals surface area contributed by atoms with Gasteiger partial charge in [0, 0.05) is 33.3 Å². The monoisotopic (exact) mass is 317 g/mol. The first-order valence-electron chi connectivity index (χ1n) is 6.55. The molecule has 3 aromatic rings. The van der Waals surface area contributed by atoms with Crippen LogP contribution in [0.15, 0.2) is 60.0 Å². The maximum absolute atomic E-state index is 13.8. The summed E-state index contributed by atoms with van der Waals surface area (Å²) in [6.45, 7) is 0.355. The molecule has 21 heavy (non-hydrogen) atoms. The van der Waals surface area contributed by atoms with Crippen molar-refractivity contribution in [3.05, 3.63) is 76.4 Å². The van der Waals surface area contributed by atoms with E-state index in [-0.39, 0.29) is 5.82 Å². The summed E-state index contributed by atoms with van der Waals surface area (Å²) in [5, 5.41) is 5.76. The molecule has 2 aromatic carbocycles. The van der Waals surface area contributed by atoms with Gasteiger partial charge in [-0.3, -0.25) is 0 Å². The minimum Gasteiger partial charge on any atom is -0.380 e. The number of halogens is 2. The molecule has 0 atom stereocenters. The van der Waals surface area contributed by atoms with Crippen LogP contribution in [0.1, 0.15) is 5.56 Å². The fourth-order valence-corrected chi connectivity index (χ4v) is 3.16. The van der Waals surface area contributed by atoms with Gasteiger partial charge in [-0.1, -0.05) is 41.9 Å². The lowest BCUT2D eigenvalue weighted by molar-refractivity contribution is 0.613. The van der Waals surface area contributed by atoms with E-state index in [2.05, 4.69) is 17.4 Å². The van der Waals surface area contributed by atoms with Gasteiger partial charge in [-0.05, 0) is 29.6 Å². The molecule has 0 unspecified atom stereocenters. The van der Waals surface area contributed by atoms with Gasteiger partial charge >= 0.3 is 0 Å². The average Bonchev–Trinajstić information content (AvgIpc) is 3.01. The molecule has 1 heterocycles. The lowest BCUT2D eigenvalue weighted by Gasteiger charge is -2.12. The number of rotatable bonds is 4. The van der Waals surface area contributed by atoms with Gasteiger partial charge < -0.3 is 5.32 Å². The fraction of sp³-hybridized carbons (Fsp3) is 0.0588. The van der Waals surface area contributed by atoms with Crippen LogP contribution in [0.5, 0.6) is 0 Å². The molecule has 0 aliphatic rings. The van der Waals surface area contributed by atoms with Crippen LogP contribution in [0.4, 0.5) is 10.1 Å². The molecule has 4 heteroatoms. The average molecular weight is 318 g/mol. The zero-order chi connectivity index (χ0) is 14.7. The quantitative estimate of drug-likeness (QED) is 0.639. The van der Waals surface area contributed by atoms with Gasteiger partial charge in [-0.25, -0.2) is 4.39 Å². The van der Waals surface area contributed by atoms with Crippen molar-refractivity contribution >= 4 is 28.6 Å². The van der Waals surface area contributed by atoms with Crippen LogP contribution >= 0.6 is 22.9 Å². The van der Waals surface area contributed by atoms with E-state index in [1.54, 1.807) is 23.5 Å². The highest BCUT2D eigenvalue weighted by molar-refractivity contribution is 7.13. The molecular weight excluding hydrogens is 305 g/mol. The van der Waals surface area contributed by atoms with Crippen LogP contribution in [0.2, 0.25) is 5.02 Å². The molecule has 106 valence electrons. The number of benzene rings is 2. The summed E-state index contributed by atoms with van der Waals surface area (Å²) in [7, 11) is 0. The summed E-state index contributed by atoms with van der Waals surface area (Å²) >= 11 is 7.74. The Hall–Kier alpha value is -1.84. The summed E-state index contributed by atoms with van der Waals surface area (Å²) in [6.07, 6.45) is 0. The van der Waals surface area contributed by atoms with E-state index in [0.717, 1.165) is 11.3 Å². The second-order valence-electron chi connectivity index (χ2n) is 4.58. The van der Waals surface area contributed by atoms with Crippen molar-refractivity contribution < 1.29 is 4.39 Å². The molecule has 0 saturated carbocycles. The Bertz CT molecular complexity index is 720. The van der Waals surface area contributed by atoms with E-state index < -0.39 is 0 Å². The van der Waals surface area contributed by atoms with Gasteiger partial charge in [-0.15, -0.1) is 11.3 Å². The van der Waals surface area contributed by atoms with E-state index in [1.165, 1.54) is 10.9 Å². The lowest BCUT2D eigenvalue weighted by Crippen LogP contribution is -2.03. The highest BCUT2D eigenvalue weighted by Crippen LogP contribution is 2.32. The zero-order valence-electron chi connectivity index (χ0n) is 11.1. The van der Waals surface area contributed by atoms with E-state index >= 15 is 0 Å². The van der Waals surface area contributed by atoms with E-state index in [1.807, 2.05) is 29.6 Å². The number of anilines is 1. The molecule has 0 amide bonds. The predicted molar refractivity (Wildman–Crippen MR) is 88.5 cm³/mol. The molecule has 1 N–H and O–H groups in total. The summed E-state index contributed by atoms with van der Waals surface area (Å²) in [5.74, 6) is -0.288. The van der Waals surface area contributed by atoms with Gasteiger partial charge in [-0.2, -0.15) is 0 Å². The zero-order valence-corrected chi connectivity index (χ0v) is 12.7.